The Morgan fingerprint density at radius 1 is 1.40 bits per heavy atom. The Bertz CT molecular complexity index is 274. The van der Waals surface area contributed by atoms with E-state index < -0.39 is 6.85 Å². The van der Waals surface area contributed by atoms with Gasteiger partial charge in [-0.2, -0.15) is 0 Å². The Labute approximate surface area is 66.1 Å². The summed E-state index contributed by atoms with van der Waals surface area (Å²) in [6.07, 6.45) is 0. The lowest BCUT2D eigenvalue weighted by molar-refractivity contribution is 0.818. The van der Waals surface area contributed by atoms with E-state index in [1.54, 1.807) is 24.3 Å². The number of benzene rings is 1. The molecule has 1 heteroatoms. The second kappa shape index (κ2) is 2.84. The summed E-state index contributed by atoms with van der Waals surface area (Å²) in [4.78, 5) is 0. The van der Waals surface area contributed by atoms with Crippen molar-refractivity contribution in [2.75, 3.05) is 0 Å². The van der Waals surface area contributed by atoms with Gasteiger partial charge in [-0.1, -0.05) is 29.8 Å². The van der Waals surface area contributed by atoms with Crippen LogP contribution < -0.4 is 5.73 Å². The highest BCUT2D eigenvalue weighted by atomic mass is 14.6. The lowest BCUT2D eigenvalue weighted by Gasteiger charge is -2.03. The second-order valence-electron chi connectivity index (χ2n) is 2.41. The fourth-order valence-corrected chi connectivity index (χ4v) is 0.787. The fraction of sp³-hybridized carbons (Fsp3) is 0.333. The average Bonchev–Trinajstić information content (AvgIpc) is 2.03. The van der Waals surface area contributed by atoms with Crippen LogP contribution in [0.4, 0.5) is 0 Å². The van der Waals surface area contributed by atoms with Crippen LogP contribution in [0.5, 0.6) is 0 Å². The lowest BCUT2D eigenvalue weighted by atomic mass is 10.1. The van der Waals surface area contributed by atoms with Gasteiger partial charge in [0.2, 0.25) is 0 Å². The quantitative estimate of drug-likeness (QED) is 0.631. The van der Waals surface area contributed by atoms with E-state index in [1.807, 2.05) is 6.92 Å². The minimum absolute atomic E-state index is 0.0503. The van der Waals surface area contributed by atoms with Crippen LogP contribution >= 0.6 is 0 Å². The molecule has 0 amide bonds. The highest BCUT2D eigenvalue weighted by Crippen LogP contribution is 2.09. The van der Waals surface area contributed by atoms with Gasteiger partial charge >= 0.3 is 0 Å². The number of nitrogens with two attached hydrogens (primary N) is 1. The van der Waals surface area contributed by atoms with Crippen molar-refractivity contribution in [3.05, 3.63) is 35.4 Å². The van der Waals surface area contributed by atoms with Crippen LogP contribution in [-0.2, 0) is 0 Å². The van der Waals surface area contributed by atoms with Gasteiger partial charge < -0.3 is 5.73 Å². The molecule has 0 heterocycles. The van der Waals surface area contributed by atoms with E-state index in [2.05, 4.69) is 0 Å². The maximum atomic E-state index is 7.15. The number of aryl methyl sites for hydroxylation is 1. The van der Waals surface area contributed by atoms with Gasteiger partial charge in [0.15, 0.2) is 0 Å². The largest absolute Gasteiger partial charge is 0.324 e. The molecule has 1 atom stereocenters. The predicted octanol–water partition coefficient (Wildman–Crippen LogP) is 2.01. The third kappa shape index (κ3) is 1.58. The van der Waals surface area contributed by atoms with Crippen LogP contribution in [0, 0.1) is 6.85 Å². The van der Waals surface area contributed by atoms with E-state index in [0.717, 1.165) is 5.56 Å². The van der Waals surface area contributed by atoms with Gasteiger partial charge in [0.25, 0.3) is 0 Å². The Hall–Kier alpha value is -0.820. The van der Waals surface area contributed by atoms with Gasteiger partial charge in [0.1, 0.15) is 0 Å². The van der Waals surface area contributed by atoms with Gasteiger partial charge in [0.05, 0.1) is 0 Å². The summed E-state index contributed by atoms with van der Waals surface area (Å²) in [5, 5.41) is 0. The molecule has 1 rings (SSSR count). The summed E-state index contributed by atoms with van der Waals surface area (Å²) in [5.74, 6) is 0. The van der Waals surface area contributed by atoms with Crippen LogP contribution in [0.2, 0.25) is 0 Å². The Morgan fingerprint density at radius 2 is 2.00 bits per heavy atom. The minimum Gasteiger partial charge on any atom is -0.324 e. The SMILES string of the molecule is [2H]C([2H])([2H])c1ccc([C@H](C)N)cc1. The van der Waals surface area contributed by atoms with Crippen molar-refractivity contribution in [3.8, 4) is 0 Å². The first-order valence-corrected chi connectivity index (χ1v) is 3.27. The van der Waals surface area contributed by atoms with Gasteiger partial charge in [-0.05, 0) is 19.3 Å². The normalized spacial score (nSPS) is 18.8. The summed E-state index contributed by atoms with van der Waals surface area (Å²) in [7, 11) is 0. The number of rotatable bonds is 1. The molecule has 54 valence electrons. The minimum atomic E-state index is -2.02. The highest BCUT2D eigenvalue weighted by molar-refractivity contribution is 5.23. The summed E-state index contributed by atoms with van der Waals surface area (Å²) < 4.78 is 21.5. The first-order valence-electron chi connectivity index (χ1n) is 4.77. The summed E-state index contributed by atoms with van der Waals surface area (Å²) in [5.41, 5.74) is 6.94. The third-order valence-corrected chi connectivity index (χ3v) is 1.44. The Balaban J connectivity index is 2.94. The zero-order chi connectivity index (χ0) is 10.1. The van der Waals surface area contributed by atoms with E-state index >= 15 is 0 Å². The third-order valence-electron chi connectivity index (χ3n) is 1.44. The standard InChI is InChI=1S/C9H13N/c1-7-3-5-9(6-4-7)8(2)10/h3-6,8H,10H2,1-2H3/t8-/m0/s1/i1D3. The van der Waals surface area contributed by atoms with Crippen molar-refractivity contribution < 1.29 is 4.11 Å². The van der Waals surface area contributed by atoms with Crippen LogP contribution in [0.1, 0.15) is 28.2 Å². The maximum Gasteiger partial charge on any atom is 0.0280 e. The first-order chi connectivity index (χ1) is 5.91. The molecule has 0 saturated carbocycles. The zero-order valence-corrected chi connectivity index (χ0v) is 5.96. The van der Waals surface area contributed by atoms with Crippen molar-refractivity contribution >= 4 is 0 Å². The molecule has 1 aromatic carbocycles. The molecular weight excluding hydrogens is 122 g/mol. The van der Waals surface area contributed by atoms with E-state index in [4.69, 9.17) is 9.85 Å². The monoisotopic (exact) mass is 138 g/mol. The van der Waals surface area contributed by atoms with Crippen LogP contribution in [-0.4, -0.2) is 0 Å². The second-order valence-corrected chi connectivity index (χ2v) is 2.41. The number of hydrogen-bond acceptors (Lipinski definition) is 1. The van der Waals surface area contributed by atoms with Crippen LogP contribution in [0.25, 0.3) is 0 Å². The molecule has 0 aliphatic rings. The molecule has 0 fully saturated rings. The van der Waals surface area contributed by atoms with Crippen molar-refractivity contribution in [1.82, 2.24) is 0 Å². The molecule has 0 saturated heterocycles. The van der Waals surface area contributed by atoms with Gasteiger partial charge in [-0.15, -0.1) is 0 Å². The smallest absolute Gasteiger partial charge is 0.0280 e. The fourth-order valence-electron chi connectivity index (χ4n) is 0.787. The van der Waals surface area contributed by atoms with Gasteiger partial charge in [-0.25, -0.2) is 0 Å². The van der Waals surface area contributed by atoms with E-state index in [1.165, 1.54) is 0 Å². The average molecular weight is 138 g/mol. The van der Waals surface area contributed by atoms with Crippen molar-refractivity contribution in [2.45, 2.75) is 19.8 Å². The van der Waals surface area contributed by atoms with Crippen molar-refractivity contribution in [3.63, 3.8) is 0 Å². The van der Waals surface area contributed by atoms with Crippen molar-refractivity contribution in [2.24, 2.45) is 5.73 Å². The molecule has 0 aliphatic heterocycles. The molecule has 2 N–H and O–H groups in total. The molecule has 1 aromatic rings. The molecular formula is C9H13N. The Kier molecular flexibility index (Phi) is 1.18. The lowest BCUT2D eigenvalue weighted by Crippen LogP contribution is -2.04. The molecule has 0 bridgehead atoms. The summed E-state index contributed by atoms with van der Waals surface area (Å²) in [6.45, 7) is -0.152. The zero-order valence-electron chi connectivity index (χ0n) is 8.96. The van der Waals surface area contributed by atoms with E-state index in [9.17, 15) is 0 Å². The van der Waals surface area contributed by atoms with Gasteiger partial charge in [-0.3, -0.25) is 0 Å². The summed E-state index contributed by atoms with van der Waals surface area (Å²) in [6, 6.07) is 6.67. The molecule has 0 aliphatic carbocycles. The van der Waals surface area contributed by atoms with Gasteiger partial charge in [0, 0.05) is 10.2 Å². The predicted molar refractivity (Wildman–Crippen MR) is 43.8 cm³/mol. The van der Waals surface area contributed by atoms with Crippen LogP contribution in [0.15, 0.2) is 24.3 Å². The number of hydrogen-bond donors (Lipinski definition) is 1. The molecule has 0 aromatic heterocycles. The Morgan fingerprint density at radius 3 is 2.40 bits per heavy atom. The first kappa shape index (κ1) is 4.14. The van der Waals surface area contributed by atoms with E-state index in [0.29, 0.717) is 5.56 Å². The molecule has 0 spiro atoms. The van der Waals surface area contributed by atoms with Crippen molar-refractivity contribution in [1.29, 1.82) is 0 Å². The summed E-state index contributed by atoms with van der Waals surface area (Å²) >= 11 is 0. The topological polar surface area (TPSA) is 26.0 Å². The highest BCUT2D eigenvalue weighted by Gasteiger charge is 1.95. The van der Waals surface area contributed by atoms with E-state index in [-0.39, 0.29) is 6.04 Å². The molecule has 1 nitrogen and oxygen atoms in total. The maximum absolute atomic E-state index is 7.15. The molecule has 0 radical (unpaired) electrons. The molecule has 0 unspecified atom stereocenters. The van der Waals surface area contributed by atoms with Crippen LogP contribution in [0.3, 0.4) is 0 Å². The molecule has 10 heavy (non-hydrogen) atoms.